The number of aromatic amines is 1. The molecule has 6 nitrogen and oxygen atoms in total. The number of hydrogen-bond acceptors (Lipinski definition) is 5. The fourth-order valence-electron chi connectivity index (χ4n) is 2.25. The molecule has 108 valence electrons. The number of benzene rings is 2. The molecule has 1 atom stereocenters. The molecule has 3 rings (SSSR count). The highest BCUT2D eigenvalue weighted by molar-refractivity contribution is 5.85. The Morgan fingerprint density at radius 1 is 1.29 bits per heavy atom. The molecular weight excluding hydrogens is 270 g/mol. The third kappa shape index (κ3) is 2.61. The number of fused-ring (bicyclic) bond motifs is 1. The Morgan fingerprint density at radius 3 is 2.76 bits per heavy atom. The standard InChI is InChI=1S/C15H15N3O3/c16-10-6-14-12(18-15(20)21-14)7-11(10)17-13(8-19)9-4-2-1-3-5-9/h1-7,13,17,19H,8,16H2,(H,18,20). The minimum Gasteiger partial charge on any atom is -0.408 e. The molecule has 6 heteroatoms. The minimum absolute atomic E-state index is 0.0800. The number of nitrogens with two attached hydrogens (primary N) is 1. The Labute approximate surface area is 120 Å². The van der Waals surface area contributed by atoms with Crippen molar-refractivity contribution in [3.8, 4) is 0 Å². The zero-order valence-electron chi connectivity index (χ0n) is 11.2. The first kappa shape index (κ1) is 13.3. The molecule has 5 N–H and O–H groups in total. The zero-order valence-corrected chi connectivity index (χ0v) is 11.2. The Balaban J connectivity index is 1.96. The van der Waals surface area contributed by atoms with Gasteiger partial charge in [-0.15, -0.1) is 0 Å². The SMILES string of the molecule is Nc1cc2oc(=O)[nH]c2cc1NC(CO)c1ccccc1. The van der Waals surface area contributed by atoms with E-state index in [9.17, 15) is 9.90 Å². The molecule has 0 aliphatic heterocycles. The summed E-state index contributed by atoms with van der Waals surface area (Å²) in [7, 11) is 0. The minimum atomic E-state index is -0.525. The van der Waals surface area contributed by atoms with Crippen LogP contribution in [0.15, 0.2) is 51.7 Å². The van der Waals surface area contributed by atoms with Gasteiger partial charge in [0.25, 0.3) is 0 Å². The summed E-state index contributed by atoms with van der Waals surface area (Å²) < 4.78 is 4.95. The normalized spacial score (nSPS) is 12.4. The number of anilines is 2. The second-order valence-electron chi connectivity index (χ2n) is 4.74. The van der Waals surface area contributed by atoms with Crippen LogP contribution in [0.4, 0.5) is 11.4 Å². The van der Waals surface area contributed by atoms with E-state index in [4.69, 9.17) is 10.2 Å². The van der Waals surface area contributed by atoms with Crippen LogP contribution < -0.4 is 16.8 Å². The molecule has 1 unspecified atom stereocenters. The van der Waals surface area contributed by atoms with Crippen LogP contribution in [0.3, 0.4) is 0 Å². The van der Waals surface area contributed by atoms with Crippen molar-refractivity contribution >= 4 is 22.5 Å². The predicted octanol–water partition coefficient (Wildman–Crippen LogP) is 1.85. The highest BCUT2D eigenvalue weighted by atomic mass is 16.4. The van der Waals surface area contributed by atoms with E-state index in [2.05, 4.69) is 10.3 Å². The largest absolute Gasteiger partial charge is 0.417 e. The van der Waals surface area contributed by atoms with Crippen molar-refractivity contribution in [2.24, 2.45) is 0 Å². The Morgan fingerprint density at radius 2 is 2.05 bits per heavy atom. The van der Waals surface area contributed by atoms with E-state index >= 15 is 0 Å². The second kappa shape index (κ2) is 5.34. The van der Waals surface area contributed by atoms with E-state index in [-0.39, 0.29) is 12.6 Å². The summed E-state index contributed by atoms with van der Waals surface area (Å²) in [5, 5.41) is 12.7. The van der Waals surface area contributed by atoms with Gasteiger partial charge in [0.1, 0.15) is 0 Å². The second-order valence-corrected chi connectivity index (χ2v) is 4.74. The average Bonchev–Trinajstić information content (AvgIpc) is 2.84. The molecule has 0 radical (unpaired) electrons. The van der Waals surface area contributed by atoms with E-state index in [0.717, 1.165) is 5.56 Å². The van der Waals surface area contributed by atoms with Crippen LogP contribution in [0.1, 0.15) is 11.6 Å². The van der Waals surface area contributed by atoms with Gasteiger partial charge in [0.15, 0.2) is 5.58 Å². The smallest absolute Gasteiger partial charge is 0.408 e. The van der Waals surface area contributed by atoms with Gasteiger partial charge in [-0.25, -0.2) is 4.79 Å². The lowest BCUT2D eigenvalue weighted by molar-refractivity contribution is 0.276. The lowest BCUT2D eigenvalue weighted by Crippen LogP contribution is -2.15. The van der Waals surface area contributed by atoms with Crippen LogP contribution in [0.5, 0.6) is 0 Å². The van der Waals surface area contributed by atoms with E-state index in [1.54, 1.807) is 12.1 Å². The fraction of sp³-hybridized carbons (Fsp3) is 0.133. The summed E-state index contributed by atoms with van der Waals surface area (Å²) in [6.45, 7) is -0.0800. The first-order valence-corrected chi connectivity index (χ1v) is 6.52. The van der Waals surface area contributed by atoms with Gasteiger partial charge in [-0.3, -0.25) is 4.98 Å². The van der Waals surface area contributed by atoms with Crippen molar-refractivity contribution < 1.29 is 9.52 Å². The molecule has 0 saturated carbocycles. The number of oxazole rings is 1. The van der Waals surface area contributed by atoms with E-state index in [1.807, 2.05) is 30.3 Å². The first-order valence-electron chi connectivity index (χ1n) is 6.52. The van der Waals surface area contributed by atoms with Crippen LogP contribution in [0.2, 0.25) is 0 Å². The number of rotatable bonds is 4. The van der Waals surface area contributed by atoms with Gasteiger partial charge in [-0.1, -0.05) is 30.3 Å². The number of nitrogens with one attached hydrogen (secondary N) is 2. The Hall–Kier alpha value is -2.73. The maximum atomic E-state index is 11.2. The predicted molar refractivity (Wildman–Crippen MR) is 81.1 cm³/mol. The molecular formula is C15H15N3O3. The van der Waals surface area contributed by atoms with Crippen LogP contribution in [-0.4, -0.2) is 16.7 Å². The van der Waals surface area contributed by atoms with Crippen molar-refractivity contribution in [3.05, 3.63) is 58.6 Å². The Kier molecular flexibility index (Phi) is 3.37. The van der Waals surface area contributed by atoms with Crippen molar-refractivity contribution in [1.29, 1.82) is 0 Å². The Bertz CT molecular complexity index is 808. The van der Waals surface area contributed by atoms with E-state index in [0.29, 0.717) is 22.5 Å². The summed E-state index contributed by atoms with van der Waals surface area (Å²) in [6.07, 6.45) is 0. The quantitative estimate of drug-likeness (QED) is 0.548. The van der Waals surface area contributed by atoms with Gasteiger partial charge in [0, 0.05) is 6.07 Å². The number of aliphatic hydroxyl groups is 1. The molecule has 0 aliphatic carbocycles. The first-order chi connectivity index (χ1) is 10.2. The van der Waals surface area contributed by atoms with Crippen molar-refractivity contribution in [2.75, 3.05) is 17.7 Å². The van der Waals surface area contributed by atoms with E-state index in [1.165, 1.54) is 0 Å². The molecule has 0 fully saturated rings. The molecule has 0 saturated heterocycles. The summed E-state index contributed by atoms with van der Waals surface area (Å²) in [5.41, 5.74) is 8.94. The van der Waals surface area contributed by atoms with Gasteiger partial charge < -0.3 is 20.6 Å². The molecule has 0 aliphatic rings. The van der Waals surface area contributed by atoms with Crippen molar-refractivity contribution in [2.45, 2.75) is 6.04 Å². The molecule has 1 heterocycles. The zero-order chi connectivity index (χ0) is 14.8. The number of aliphatic hydroxyl groups excluding tert-OH is 1. The van der Waals surface area contributed by atoms with Crippen LogP contribution >= 0.6 is 0 Å². The summed E-state index contributed by atoms with van der Waals surface area (Å²) in [4.78, 5) is 13.8. The summed E-state index contributed by atoms with van der Waals surface area (Å²) in [5.74, 6) is -0.525. The molecule has 0 spiro atoms. The van der Waals surface area contributed by atoms with Gasteiger partial charge in [0.2, 0.25) is 0 Å². The number of hydrogen-bond donors (Lipinski definition) is 4. The average molecular weight is 285 g/mol. The van der Waals surface area contributed by atoms with Crippen LogP contribution in [-0.2, 0) is 0 Å². The highest BCUT2D eigenvalue weighted by Gasteiger charge is 2.13. The monoisotopic (exact) mass is 285 g/mol. The molecule has 2 aromatic carbocycles. The van der Waals surface area contributed by atoms with E-state index < -0.39 is 5.76 Å². The molecule has 0 amide bonds. The van der Waals surface area contributed by atoms with Gasteiger partial charge in [0.05, 0.1) is 29.5 Å². The fourth-order valence-corrected chi connectivity index (χ4v) is 2.25. The van der Waals surface area contributed by atoms with Crippen molar-refractivity contribution in [3.63, 3.8) is 0 Å². The summed E-state index contributed by atoms with van der Waals surface area (Å²) in [6, 6.07) is 12.5. The number of nitrogen functional groups attached to an aromatic ring is 1. The highest BCUT2D eigenvalue weighted by Crippen LogP contribution is 2.28. The maximum absolute atomic E-state index is 11.2. The molecule has 3 aromatic rings. The van der Waals surface area contributed by atoms with Crippen LogP contribution in [0.25, 0.3) is 11.1 Å². The van der Waals surface area contributed by atoms with Gasteiger partial charge in [-0.2, -0.15) is 0 Å². The number of aromatic nitrogens is 1. The van der Waals surface area contributed by atoms with Crippen molar-refractivity contribution in [1.82, 2.24) is 4.98 Å². The van der Waals surface area contributed by atoms with Crippen LogP contribution in [0, 0.1) is 0 Å². The third-order valence-electron chi connectivity index (χ3n) is 3.31. The topological polar surface area (TPSA) is 104 Å². The third-order valence-corrected chi connectivity index (χ3v) is 3.31. The van der Waals surface area contributed by atoms with Gasteiger partial charge >= 0.3 is 5.76 Å². The molecule has 1 aromatic heterocycles. The van der Waals surface area contributed by atoms with Gasteiger partial charge in [-0.05, 0) is 11.6 Å². The molecule has 0 bridgehead atoms. The summed E-state index contributed by atoms with van der Waals surface area (Å²) >= 11 is 0. The maximum Gasteiger partial charge on any atom is 0.417 e. The number of H-pyrrole nitrogens is 1. The molecule has 21 heavy (non-hydrogen) atoms. The lowest BCUT2D eigenvalue weighted by Gasteiger charge is -2.19. The lowest BCUT2D eigenvalue weighted by atomic mass is 10.1.